The van der Waals surface area contributed by atoms with Crippen LogP contribution in [0.1, 0.15) is 44.1 Å². The molecule has 2 fully saturated rings. The van der Waals surface area contributed by atoms with Crippen LogP contribution in [0.15, 0.2) is 23.3 Å². The SMILES string of the molecule is CN=C(NCC1(C(=O)N(C)C)CCCC1)NC1CCN(c2ccc(C)cn2)CC1. The highest BCUT2D eigenvalue weighted by Crippen LogP contribution is 2.38. The number of guanidine groups is 1. The third-order valence-corrected chi connectivity index (χ3v) is 6.29. The van der Waals surface area contributed by atoms with Gasteiger partial charge in [0.15, 0.2) is 5.96 Å². The van der Waals surface area contributed by atoms with Gasteiger partial charge >= 0.3 is 0 Å². The monoisotopic (exact) mass is 400 g/mol. The van der Waals surface area contributed by atoms with Crippen LogP contribution in [0.2, 0.25) is 0 Å². The number of nitrogens with one attached hydrogen (secondary N) is 2. The molecule has 7 heteroatoms. The van der Waals surface area contributed by atoms with Gasteiger partial charge in [0.2, 0.25) is 5.91 Å². The molecule has 0 bridgehead atoms. The van der Waals surface area contributed by atoms with Crippen LogP contribution >= 0.6 is 0 Å². The maximum Gasteiger partial charge on any atom is 0.230 e. The van der Waals surface area contributed by atoms with Gasteiger partial charge in [-0.3, -0.25) is 9.79 Å². The minimum Gasteiger partial charge on any atom is -0.356 e. The molecule has 7 nitrogen and oxygen atoms in total. The number of aliphatic imine (C=N–C) groups is 1. The molecule has 0 atom stereocenters. The van der Waals surface area contributed by atoms with Crippen molar-refractivity contribution >= 4 is 17.7 Å². The Hall–Kier alpha value is -2.31. The van der Waals surface area contributed by atoms with E-state index in [1.54, 1.807) is 11.9 Å². The first-order valence-corrected chi connectivity index (χ1v) is 10.8. The summed E-state index contributed by atoms with van der Waals surface area (Å²) in [5.41, 5.74) is 0.898. The first-order valence-electron chi connectivity index (χ1n) is 10.8. The standard InChI is InChI=1S/C22H36N6O/c1-17-7-8-19(24-15-17)28-13-9-18(10-14-28)26-21(23-2)25-16-22(11-5-6-12-22)20(29)27(3)4/h7-8,15,18H,5-6,9-14,16H2,1-4H3,(H2,23,25,26). The molecule has 0 unspecified atom stereocenters. The summed E-state index contributed by atoms with van der Waals surface area (Å²) in [6.07, 6.45) is 8.17. The molecular formula is C22H36N6O. The Balaban J connectivity index is 1.50. The van der Waals surface area contributed by atoms with Gasteiger partial charge in [0.05, 0.1) is 5.41 Å². The van der Waals surface area contributed by atoms with Crippen molar-refractivity contribution in [2.75, 3.05) is 45.7 Å². The molecule has 29 heavy (non-hydrogen) atoms. The summed E-state index contributed by atoms with van der Waals surface area (Å²) >= 11 is 0. The Morgan fingerprint density at radius 1 is 1.28 bits per heavy atom. The molecule has 2 N–H and O–H groups in total. The third kappa shape index (κ3) is 5.19. The number of nitrogens with zero attached hydrogens (tertiary/aromatic N) is 4. The van der Waals surface area contributed by atoms with Crippen molar-refractivity contribution in [2.24, 2.45) is 10.4 Å². The number of aryl methyl sites for hydroxylation is 1. The van der Waals surface area contributed by atoms with Gasteiger partial charge in [-0.1, -0.05) is 18.9 Å². The second-order valence-electron chi connectivity index (χ2n) is 8.71. The minimum absolute atomic E-state index is 0.233. The van der Waals surface area contributed by atoms with Crippen molar-refractivity contribution < 1.29 is 4.79 Å². The molecule has 1 aromatic heterocycles. The first-order chi connectivity index (χ1) is 13.9. The number of anilines is 1. The molecule has 1 aromatic rings. The zero-order chi connectivity index (χ0) is 20.9. The van der Waals surface area contributed by atoms with E-state index in [0.29, 0.717) is 12.6 Å². The maximum atomic E-state index is 12.8. The normalized spacial score (nSPS) is 19.9. The molecule has 1 aliphatic heterocycles. The highest BCUT2D eigenvalue weighted by atomic mass is 16.2. The van der Waals surface area contributed by atoms with Crippen LogP contribution in [0.5, 0.6) is 0 Å². The summed E-state index contributed by atoms with van der Waals surface area (Å²) in [5.74, 6) is 2.09. The van der Waals surface area contributed by atoms with Crippen molar-refractivity contribution in [3.8, 4) is 0 Å². The lowest BCUT2D eigenvalue weighted by atomic mass is 9.84. The van der Waals surface area contributed by atoms with Crippen molar-refractivity contribution in [2.45, 2.75) is 51.5 Å². The molecule has 160 valence electrons. The van der Waals surface area contributed by atoms with E-state index in [-0.39, 0.29) is 11.3 Å². The number of rotatable bonds is 5. The number of pyridine rings is 1. The van der Waals surface area contributed by atoms with Gasteiger partial charge in [0.1, 0.15) is 5.82 Å². The predicted octanol–water partition coefficient (Wildman–Crippen LogP) is 2.17. The van der Waals surface area contributed by atoms with Crippen LogP contribution in [0.25, 0.3) is 0 Å². The zero-order valence-electron chi connectivity index (χ0n) is 18.4. The van der Waals surface area contributed by atoms with Crippen molar-refractivity contribution in [1.29, 1.82) is 0 Å². The molecule has 1 saturated heterocycles. The second kappa shape index (κ2) is 9.46. The molecule has 0 radical (unpaired) electrons. The number of amides is 1. The summed E-state index contributed by atoms with van der Waals surface area (Å²) in [5, 5.41) is 7.01. The van der Waals surface area contributed by atoms with Crippen molar-refractivity contribution in [3.05, 3.63) is 23.9 Å². The van der Waals surface area contributed by atoms with Gasteiger partial charge in [-0.2, -0.15) is 0 Å². The second-order valence-corrected chi connectivity index (χ2v) is 8.71. The van der Waals surface area contributed by atoms with Crippen LogP contribution < -0.4 is 15.5 Å². The fourth-order valence-corrected chi connectivity index (χ4v) is 4.53. The van der Waals surface area contributed by atoms with E-state index >= 15 is 0 Å². The van der Waals surface area contributed by atoms with E-state index in [1.165, 1.54) is 5.56 Å². The van der Waals surface area contributed by atoms with Crippen LogP contribution in [0, 0.1) is 12.3 Å². The van der Waals surface area contributed by atoms with Gasteiger partial charge < -0.3 is 20.4 Å². The first kappa shape index (κ1) is 21.4. The maximum absolute atomic E-state index is 12.8. The predicted molar refractivity (Wildman–Crippen MR) is 118 cm³/mol. The molecule has 0 aromatic carbocycles. The van der Waals surface area contributed by atoms with Crippen LogP contribution in [-0.2, 0) is 4.79 Å². The molecule has 0 spiro atoms. The lowest BCUT2D eigenvalue weighted by Crippen LogP contribution is -2.52. The number of aromatic nitrogens is 1. The van der Waals surface area contributed by atoms with Gasteiger partial charge in [0, 0.05) is 53.0 Å². The number of carbonyl (C=O) groups is 1. The van der Waals surface area contributed by atoms with E-state index in [4.69, 9.17) is 0 Å². The van der Waals surface area contributed by atoms with Gasteiger partial charge in [-0.15, -0.1) is 0 Å². The largest absolute Gasteiger partial charge is 0.356 e. The minimum atomic E-state index is -0.290. The Labute approximate surface area is 175 Å². The fourth-order valence-electron chi connectivity index (χ4n) is 4.53. The highest BCUT2D eigenvalue weighted by molar-refractivity contribution is 5.85. The smallest absolute Gasteiger partial charge is 0.230 e. The lowest BCUT2D eigenvalue weighted by molar-refractivity contribution is -0.138. The van der Waals surface area contributed by atoms with Crippen LogP contribution in [0.3, 0.4) is 0 Å². The van der Waals surface area contributed by atoms with Crippen LogP contribution in [-0.4, -0.2) is 68.6 Å². The quantitative estimate of drug-likeness (QED) is 0.585. The van der Waals surface area contributed by atoms with E-state index in [2.05, 4.69) is 44.6 Å². The molecule has 1 saturated carbocycles. The Bertz CT molecular complexity index is 701. The van der Waals surface area contributed by atoms with Gasteiger partial charge in [-0.05, 0) is 44.2 Å². The number of piperidine rings is 1. The topological polar surface area (TPSA) is 72.9 Å². The van der Waals surface area contributed by atoms with Gasteiger partial charge in [-0.25, -0.2) is 4.98 Å². The summed E-state index contributed by atoms with van der Waals surface area (Å²) in [6, 6.07) is 4.60. The molecule has 2 heterocycles. The van der Waals surface area contributed by atoms with E-state index in [0.717, 1.165) is 63.4 Å². The van der Waals surface area contributed by atoms with Crippen molar-refractivity contribution in [1.82, 2.24) is 20.5 Å². The number of hydrogen-bond donors (Lipinski definition) is 2. The molecule has 1 amide bonds. The average Bonchev–Trinajstić information content (AvgIpc) is 3.21. The zero-order valence-corrected chi connectivity index (χ0v) is 18.4. The fraction of sp³-hybridized carbons (Fsp3) is 0.682. The highest BCUT2D eigenvalue weighted by Gasteiger charge is 2.42. The Morgan fingerprint density at radius 2 is 1.97 bits per heavy atom. The van der Waals surface area contributed by atoms with E-state index in [1.807, 2.05) is 20.3 Å². The molecule has 1 aliphatic carbocycles. The third-order valence-electron chi connectivity index (χ3n) is 6.29. The number of hydrogen-bond acceptors (Lipinski definition) is 4. The van der Waals surface area contributed by atoms with Crippen LogP contribution in [0.4, 0.5) is 5.82 Å². The van der Waals surface area contributed by atoms with E-state index in [9.17, 15) is 4.79 Å². The van der Waals surface area contributed by atoms with Crippen molar-refractivity contribution in [3.63, 3.8) is 0 Å². The summed E-state index contributed by atoms with van der Waals surface area (Å²) in [4.78, 5) is 25.8. The Kier molecular flexibility index (Phi) is 6.98. The molecule has 3 rings (SSSR count). The molecule has 2 aliphatic rings. The molecular weight excluding hydrogens is 364 g/mol. The lowest BCUT2D eigenvalue weighted by Gasteiger charge is -2.35. The van der Waals surface area contributed by atoms with Gasteiger partial charge in [0.25, 0.3) is 0 Å². The average molecular weight is 401 g/mol. The Morgan fingerprint density at radius 3 is 2.52 bits per heavy atom. The summed E-state index contributed by atoms with van der Waals surface area (Å²) < 4.78 is 0. The summed E-state index contributed by atoms with van der Waals surface area (Å²) in [7, 11) is 5.51. The van der Waals surface area contributed by atoms with E-state index < -0.39 is 0 Å². The number of carbonyl (C=O) groups excluding carboxylic acids is 1. The summed E-state index contributed by atoms with van der Waals surface area (Å²) in [6.45, 7) is 4.67.